The molecule has 114 valence electrons. The van der Waals surface area contributed by atoms with Gasteiger partial charge in [-0.15, -0.1) is 0 Å². The van der Waals surface area contributed by atoms with E-state index in [0.717, 1.165) is 12.0 Å². The molecule has 1 aliphatic rings. The smallest absolute Gasteiger partial charge is 0.315 e. The number of carbonyl (C=O) groups is 2. The van der Waals surface area contributed by atoms with Crippen molar-refractivity contribution in [2.24, 2.45) is 0 Å². The molecule has 1 aromatic carbocycles. The number of rotatable bonds is 5. The lowest BCUT2D eigenvalue weighted by atomic mass is 10.1. The average molecular weight is 291 g/mol. The quantitative estimate of drug-likeness (QED) is 0.756. The van der Waals surface area contributed by atoms with Crippen molar-refractivity contribution in [2.75, 3.05) is 20.2 Å². The van der Waals surface area contributed by atoms with Crippen molar-refractivity contribution in [1.29, 1.82) is 0 Å². The Morgan fingerprint density at radius 3 is 2.86 bits per heavy atom. The number of piperidine rings is 1. The van der Waals surface area contributed by atoms with E-state index in [9.17, 15) is 9.59 Å². The Morgan fingerprint density at radius 1 is 1.43 bits per heavy atom. The van der Waals surface area contributed by atoms with Crippen LogP contribution in [0.3, 0.4) is 0 Å². The summed E-state index contributed by atoms with van der Waals surface area (Å²) in [7, 11) is 1.60. The lowest BCUT2D eigenvalue weighted by Gasteiger charge is -2.23. The first-order valence-corrected chi connectivity index (χ1v) is 7.10. The lowest BCUT2D eigenvalue weighted by molar-refractivity contribution is -0.124. The molecule has 1 fully saturated rings. The molecule has 0 spiro atoms. The molecule has 2 atom stereocenters. The second kappa shape index (κ2) is 7.64. The summed E-state index contributed by atoms with van der Waals surface area (Å²) in [6.45, 7) is 1.03. The second-order valence-corrected chi connectivity index (χ2v) is 4.98. The molecule has 0 unspecified atom stereocenters. The zero-order chi connectivity index (χ0) is 15.1. The molecule has 0 aliphatic carbocycles. The van der Waals surface area contributed by atoms with Crippen molar-refractivity contribution >= 4 is 11.9 Å². The zero-order valence-electron chi connectivity index (χ0n) is 12.1. The molecule has 6 nitrogen and oxygen atoms in total. The van der Waals surface area contributed by atoms with Gasteiger partial charge in [0.05, 0.1) is 6.10 Å². The summed E-state index contributed by atoms with van der Waals surface area (Å²) in [5.74, 6) is -0.122. The third kappa shape index (κ3) is 4.46. The van der Waals surface area contributed by atoms with Crippen LogP contribution in [0.4, 0.5) is 4.79 Å². The minimum absolute atomic E-state index is 0.122. The van der Waals surface area contributed by atoms with Crippen LogP contribution in [0.2, 0.25) is 0 Å². The summed E-state index contributed by atoms with van der Waals surface area (Å²) in [6, 6.07) is 8.87. The molecule has 1 aromatic rings. The molecule has 1 aliphatic heterocycles. The Balaban J connectivity index is 1.81. The summed E-state index contributed by atoms with van der Waals surface area (Å²) in [5, 5.41) is 8.16. The average Bonchev–Trinajstić information content (AvgIpc) is 2.51. The minimum atomic E-state index is -0.448. The van der Waals surface area contributed by atoms with Crippen LogP contribution in [0.15, 0.2) is 30.3 Å². The molecule has 3 amide bonds. The summed E-state index contributed by atoms with van der Waals surface area (Å²) in [5.41, 5.74) is 0.996. The van der Waals surface area contributed by atoms with Crippen LogP contribution in [-0.2, 0) is 9.53 Å². The largest absolute Gasteiger partial charge is 0.375 e. The van der Waals surface area contributed by atoms with Gasteiger partial charge in [0.25, 0.3) is 0 Å². The zero-order valence-corrected chi connectivity index (χ0v) is 12.1. The molecule has 0 aromatic heterocycles. The number of ether oxygens (including phenoxy) is 1. The van der Waals surface area contributed by atoms with Crippen LogP contribution in [0, 0.1) is 0 Å². The van der Waals surface area contributed by atoms with Gasteiger partial charge in [-0.1, -0.05) is 30.3 Å². The van der Waals surface area contributed by atoms with E-state index in [1.165, 1.54) is 0 Å². The van der Waals surface area contributed by atoms with Crippen molar-refractivity contribution in [3.63, 3.8) is 0 Å². The standard InChI is InChI=1S/C15H21N3O3/c1-21-13(11-6-3-2-4-7-11)10-17-15(20)18-12-8-5-9-16-14(12)19/h2-4,6-7,12-13H,5,8-10H2,1H3,(H,16,19)(H2,17,18,20)/t12-,13-/m0/s1. The first-order chi connectivity index (χ1) is 10.2. The maximum Gasteiger partial charge on any atom is 0.315 e. The number of amides is 3. The number of hydrogen-bond donors (Lipinski definition) is 3. The van der Waals surface area contributed by atoms with E-state index in [4.69, 9.17) is 4.74 Å². The second-order valence-electron chi connectivity index (χ2n) is 4.98. The van der Waals surface area contributed by atoms with Gasteiger partial charge in [0.15, 0.2) is 0 Å². The highest BCUT2D eigenvalue weighted by atomic mass is 16.5. The van der Waals surface area contributed by atoms with Crippen LogP contribution < -0.4 is 16.0 Å². The van der Waals surface area contributed by atoms with E-state index in [1.807, 2.05) is 30.3 Å². The van der Waals surface area contributed by atoms with Crippen LogP contribution in [-0.4, -0.2) is 38.2 Å². The van der Waals surface area contributed by atoms with Gasteiger partial charge in [-0.25, -0.2) is 4.79 Å². The predicted octanol–water partition coefficient (Wildman–Crippen LogP) is 0.952. The van der Waals surface area contributed by atoms with Crippen molar-refractivity contribution in [2.45, 2.75) is 25.0 Å². The van der Waals surface area contributed by atoms with Gasteiger partial charge < -0.3 is 20.7 Å². The summed E-state index contributed by atoms with van der Waals surface area (Å²) in [6.07, 6.45) is 1.34. The lowest BCUT2D eigenvalue weighted by Crippen LogP contribution is -2.53. The number of benzene rings is 1. The number of methoxy groups -OCH3 is 1. The molecular weight excluding hydrogens is 270 g/mol. The SMILES string of the molecule is CO[C@@H](CNC(=O)N[C@H]1CCCNC1=O)c1ccccc1. The number of nitrogens with one attached hydrogen (secondary N) is 3. The molecule has 0 bridgehead atoms. The van der Waals surface area contributed by atoms with Gasteiger partial charge in [0.1, 0.15) is 6.04 Å². The normalized spacial score (nSPS) is 19.5. The number of hydrogen-bond acceptors (Lipinski definition) is 3. The third-order valence-corrected chi connectivity index (χ3v) is 3.49. The molecule has 0 radical (unpaired) electrons. The monoisotopic (exact) mass is 291 g/mol. The molecular formula is C15H21N3O3. The van der Waals surface area contributed by atoms with E-state index in [1.54, 1.807) is 7.11 Å². The van der Waals surface area contributed by atoms with Crippen LogP contribution in [0.25, 0.3) is 0 Å². The first-order valence-electron chi connectivity index (χ1n) is 7.10. The molecule has 1 saturated heterocycles. The van der Waals surface area contributed by atoms with Gasteiger partial charge in [-0.05, 0) is 18.4 Å². The Hall–Kier alpha value is -2.08. The van der Waals surface area contributed by atoms with E-state index >= 15 is 0 Å². The van der Waals surface area contributed by atoms with Gasteiger partial charge >= 0.3 is 6.03 Å². The summed E-state index contributed by atoms with van der Waals surface area (Å²) < 4.78 is 5.38. The fourth-order valence-corrected chi connectivity index (χ4v) is 2.31. The van der Waals surface area contributed by atoms with Crippen LogP contribution in [0.1, 0.15) is 24.5 Å². The fraction of sp³-hybridized carbons (Fsp3) is 0.467. The molecule has 2 rings (SSSR count). The van der Waals surface area contributed by atoms with Gasteiger partial charge in [-0.2, -0.15) is 0 Å². The Morgan fingerprint density at radius 2 is 2.19 bits per heavy atom. The Labute approximate surface area is 124 Å². The van der Waals surface area contributed by atoms with E-state index < -0.39 is 6.04 Å². The maximum absolute atomic E-state index is 11.9. The van der Waals surface area contributed by atoms with Gasteiger partial charge in [0.2, 0.25) is 5.91 Å². The summed E-state index contributed by atoms with van der Waals surface area (Å²) >= 11 is 0. The minimum Gasteiger partial charge on any atom is -0.375 e. The predicted molar refractivity (Wildman–Crippen MR) is 78.8 cm³/mol. The van der Waals surface area contributed by atoms with E-state index in [-0.39, 0.29) is 18.0 Å². The van der Waals surface area contributed by atoms with Crippen LogP contribution in [0.5, 0.6) is 0 Å². The molecule has 6 heteroatoms. The molecule has 21 heavy (non-hydrogen) atoms. The molecule has 0 saturated carbocycles. The van der Waals surface area contributed by atoms with E-state index in [2.05, 4.69) is 16.0 Å². The molecule has 3 N–H and O–H groups in total. The van der Waals surface area contributed by atoms with E-state index in [0.29, 0.717) is 19.5 Å². The Bertz CT molecular complexity index is 478. The van der Waals surface area contributed by atoms with Gasteiger partial charge in [-0.3, -0.25) is 4.79 Å². The van der Waals surface area contributed by atoms with Crippen molar-refractivity contribution in [3.05, 3.63) is 35.9 Å². The highest BCUT2D eigenvalue weighted by Gasteiger charge is 2.23. The third-order valence-electron chi connectivity index (χ3n) is 3.49. The topological polar surface area (TPSA) is 79.5 Å². The fourth-order valence-electron chi connectivity index (χ4n) is 2.31. The number of carbonyl (C=O) groups excluding carboxylic acids is 2. The number of urea groups is 1. The Kier molecular flexibility index (Phi) is 5.57. The van der Waals surface area contributed by atoms with Crippen molar-refractivity contribution in [3.8, 4) is 0 Å². The highest BCUT2D eigenvalue weighted by molar-refractivity contribution is 5.87. The maximum atomic E-state index is 11.9. The van der Waals surface area contributed by atoms with Crippen molar-refractivity contribution < 1.29 is 14.3 Å². The first kappa shape index (κ1) is 15.3. The van der Waals surface area contributed by atoms with Crippen molar-refractivity contribution in [1.82, 2.24) is 16.0 Å². The highest BCUT2D eigenvalue weighted by Crippen LogP contribution is 2.14. The van der Waals surface area contributed by atoms with Gasteiger partial charge in [0, 0.05) is 20.2 Å². The summed E-state index contributed by atoms with van der Waals surface area (Å²) in [4.78, 5) is 23.4. The van der Waals surface area contributed by atoms with Crippen LogP contribution >= 0.6 is 0 Å². The molecule has 1 heterocycles.